The van der Waals surface area contributed by atoms with Crippen LogP contribution >= 0.6 is 0 Å². The van der Waals surface area contributed by atoms with Crippen molar-refractivity contribution in [1.82, 2.24) is 0 Å². The highest BCUT2D eigenvalue weighted by Gasteiger charge is 2.13. The number of rotatable bonds is 13. The summed E-state index contributed by atoms with van der Waals surface area (Å²) < 4.78 is 27.2. The summed E-state index contributed by atoms with van der Waals surface area (Å²) in [6.45, 7) is 7.34. The predicted octanol–water partition coefficient (Wildman–Crippen LogP) is 4.21. The topological polar surface area (TPSA) is 43.4 Å². The standard InChI is InChI=1S/C15H28O3S/c1-4-6-7-8-9-10-11-12-14-15(13-5-2)18-19(3,16)17/h4-5,15H,1-2,6-14H2,3H3. The zero-order valence-corrected chi connectivity index (χ0v) is 13.0. The molecule has 0 saturated carbocycles. The molecule has 0 aliphatic carbocycles. The number of allylic oxidation sites excluding steroid dienone is 1. The molecule has 0 spiro atoms. The molecule has 0 heterocycles. The molecule has 0 aromatic carbocycles. The maximum Gasteiger partial charge on any atom is 0.264 e. The summed E-state index contributed by atoms with van der Waals surface area (Å²) in [5.41, 5.74) is 0. The molecule has 0 radical (unpaired) electrons. The number of hydrogen-bond acceptors (Lipinski definition) is 3. The molecule has 0 saturated heterocycles. The van der Waals surface area contributed by atoms with Crippen molar-refractivity contribution < 1.29 is 12.6 Å². The maximum absolute atomic E-state index is 11.1. The Kier molecular flexibility index (Phi) is 10.9. The third-order valence-electron chi connectivity index (χ3n) is 2.92. The molecule has 0 aliphatic heterocycles. The van der Waals surface area contributed by atoms with Crippen LogP contribution in [0.15, 0.2) is 25.3 Å². The van der Waals surface area contributed by atoms with Gasteiger partial charge in [0, 0.05) is 0 Å². The van der Waals surface area contributed by atoms with E-state index < -0.39 is 10.1 Å². The average Bonchev–Trinajstić information content (AvgIpc) is 2.31. The van der Waals surface area contributed by atoms with E-state index in [0.29, 0.717) is 6.42 Å². The molecule has 19 heavy (non-hydrogen) atoms. The fourth-order valence-electron chi connectivity index (χ4n) is 2.01. The van der Waals surface area contributed by atoms with Gasteiger partial charge in [0.1, 0.15) is 0 Å². The second-order valence-corrected chi connectivity index (χ2v) is 6.53. The van der Waals surface area contributed by atoms with Crippen LogP contribution in [0.5, 0.6) is 0 Å². The summed E-state index contributed by atoms with van der Waals surface area (Å²) in [5.74, 6) is 0. The summed E-state index contributed by atoms with van der Waals surface area (Å²) >= 11 is 0. The van der Waals surface area contributed by atoms with Gasteiger partial charge in [0.2, 0.25) is 0 Å². The highest BCUT2D eigenvalue weighted by molar-refractivity contribution is 7.86. The molecule has 0 aromatic rings. The second-order valence-electron chi connectivity index (χ2n) is 4.93. The molecule has 0 amide bonds. The van der Waals surface area contributed by atoms with Gasteiger partial charge in [-0.25, -0.2) is 0 Å². The number of unbranched alkanes of at least 4 members (excludes halogenated alkanes) is 6. The molecule has 112 valence electrons. The average molecular weight is 288 g/mol. The van der Waals surface area contributed by atoms with Gasteiger partial charge in [0.25, 0.3) is 10.1 Å². The predicted molar refractivity (Wildman–Crippen MR) is 81.7 cm³/mol. The summed E-state index contributed by atoms with van der Waals surface area (Å²) in [4.78, 5) is 0. The molecule has 4 heteroatoms. The van der Waals surface area contributed by atoms with Gasteiger partial charge in [-0.15, -0.1) is 13.2 Å². The van der Waals surface area contributed by atoms with Gasteiger partial charge in [0.05, 0.1) is 12.4 Å². The second kappa shape index (κ2) is 11.2. The Morgan fingerprint density at radius 2 is 1.58 bits per heavy atom. The summed E-state index contributed by atoms with van der Waals surface area (Å²) in [5, 5.41) is 0. The Labute approximate surface area is 118 Å². The molecular weight excluding hydrogens is 260 g/mol. The monoisotopic (exact) mass is 288 g/mol. The van der Waals surface area contributed by atoms with Crippen LogP contribution < -0.4 is 0 Å². The van der Waals surface area contributed by atoms with E-state index in [1.165, 1.54) is 25.7 Å². The molecule has 1 atom stereocenters. The van der Waals surface area contributed by atoms with Crippen molar-refractivity contribution in [1.29, 1.82) is 0 Å². The molecule has 0 N–H and O–H groups in total. The van der Waals surface area contributed by atoms with Crippen molar-refractivity contribution in [3.8, 4) is 0 Å². The largest absolute Gasteiger partial charge is 0.267 e. The third-order valence-corrected chi connectivity index (χ3v) is 3.55. The Bertz CT molecular complexity index is 333. The molecule has 1 unspecified atom stereocenters. The van der Waals surface area contributed by atoms with Crippen molar-refractivity contribution in [3.63, 3.8) is 0 Å². The van der Waals surface area contributed by atoms with Gasteiger partial charge in [-0.05, 0) is 25.7 Å². The van der Waals surface area contributed by atoms with Crippen molar-refractivity contribution in [3.05, 3.63) is 25.3 Å². The van der Waals surface area contributed by atoms with Crippen molar-refractivity contribution >= 4 is 10.1 Å². The minimum absolute atomic E-state index is 0.242. The molecule has 0 aromatic heterocycles. The Hall–Kier alpha value is -0.610. The van der Waals surface area contributed by atoms with Crippen LogP contribution in [0.2, 0.25) is 0 Å². The van der Waals surface area contributed by atoms with Crippen LogP contribution in [-0.4, -0.2) is 20.8 Å². The van der Waals surface area contributed by atoms with Crippen LogP contribution in [-0.2, 0) is 14.3 Å². The van der Waals surface area contributed by atoms with E-state index in [1.807, 2.05) is 6.08 Å². The highest BCUT2D eigenvalue weighted by atomic mass is 32.2. The lowest BCUT2D eigenvalue weighted by Crippen LogP contribution is -2.16. The summed E-state index contributed by atoms with van der Waals surface area (Å²) in [7, 11) is -3.36. The zero-order chi connectivity index (χ0) is 14.6. The van der Waals surface area contributed by atoms with Crippen LogP contribution in [0.4, 0.5) is 0 Å². The maximum atomic E-state index is 11.1. The van der Waals surface area contributed by atoms with Gasteiger partial charge >= 0.3 is 0 Å². The van der Waals surface area contributed by atoms with Crippen LogP contribution in [0.25, 0.3) is 0 Å². The normalized spacial score (nSPS) is 13.1. The molecule has 0 bridgehead atoms. The van der Waals surface area contributed by atoms with Crippen LogP contribution in [0.3, 0.4) is 0 Å². The quantitative estimate of drug-likeness (QED) is 0.289. The Balaban J connectivity index is 3.64. The SMILES string of the molecule is C=CCCCCCCCCC(CC=C)OS(C)(=O)=O. The van der Waals surface area contributed by atoms with E-state index in [0.717, 1.165) is 31.9 Å². The third kappa shape index (κ3) is 13.6. The molecule has 0 aliphatic rings. The molecular formula is C15H28O3S. The lowest BCUT2D eigenvalue weighted by atomic mass is 10.0. The smallest absolute Gasteiger partial charge is 0.264 e. The van der Waals surface area contributed by atoms with Crippen molar-refractivity contribution in [2.75, 3.05) is 6.26 Å². The first-order valence-electron chi connectivity index (χ1n) is 7.09. The van der Waals surface area contributed by atoms with Gasteiger partial charge in [-0.3, -0.25) is 4.18 Å². The molecule has 3 nitrogen and oxygen atoms in total. The van der Waals surface area contributed by atoms with Crippen molar-refractivity contribution in [2.24, 2.45) is 0 Å². The Morgan fingerprint density at radius 1 is 1.00 bits per heavy atom. The Morgan fingerprint density at radius 3 is 2.11 bits per heavy atom. The van der Waals surface area contributed by atoms with Gasteiger partial charge in [-0.2, -0.15) is 8.42 Å². The first kappa shape index (κ1) is 18.4. The van der Waals surface area contributed by atoms with E-state index in [1.54, 1.807) is 6.08 Å². The molecule has 0 fully saturated rings. The lowest BCUT2D eigenvalue weighted by Gasteiger charge is -2.14. The summed E-state index contributed by atoms with van der Waals surface area (Å²) in [6, 6.07) is 0. The summed E-state index contributed by atoms with van der Waals surface area (Å²) in [6.07, 6.45) is 14.1. The zero-order valence-electron chi connectivity index (χ0n) is 12.1. The van der Waals surface area contributed by atoms with E-state index >= 15 is 0 Å². The minimum atomic E-state index is -3.36. The van der Waals surface area contributed by atoms with E-state index in [-0.39, 0.29) is 6.10 Å². The van der Waals surface area contributed by atoms with Crippen LogP contribution in [0, 0.1) is 0 Å². The van der Waals surface area contributed by atoms with Gasteiger partial charge < -0.3 is 0 Å². The van der Waals surface area contributed by atoms with E-state index in [2.05, 4.69) is 13.2 Å². The lowest BCUT2D eigenvalue weighted by molar-refractivity contribution is 0.199. The van der Waals surface area contributed by atoms with Gasteiger partial charge in [-0.1, -0.05) is 44.3 Å². The minimum Gasteiger partial charge on any atom is -0.267 e. The van der Waals surface area contributed by atoms with E-state index in [9.17, 15) is 8.42 Å². The van der Waals surface area contributed by atoms with Crippen LogP contribution in [0.1, 0.15) is 57.8 Å². The van der Waals surface area contributed by atoms with Crippen molar-refractivity contribution in [2.45, 2.75) is 63.9 Å². The number of hydrogen-bond donors (Lipinski definition) is 0. The van der Waals surface area contributed by atoms with E-state index in [4.69, 9.17) is 4.18 Å². The first-order chi connectivity index (χ1) is 8.99. The molecule has 0 rings (SSSR count). The highest BCUT2D eigenvalue weighted by Crippen LogP contribution is 2.15. The fraction of sp³-hybridized carbons (Fsp3) is 0.733. The first-order valence-corrected chi connectivity index (χ1v) is 8.91. The fourth-order valence-corrected chi connectivity index (χ4v) is 2.68. The van der Waals surface area contributed by atoms with Gasteiger partial charge in [0.15, 0.2) is 0 Å².